The smallest absolute Gasteiger partial charge is 0.312 e. The van der Waals surface area contributed by atoms with Crippen LogP contribution in [0.1, 0.15) is 70.4 Å². The molecule has 1 aliphatic heterocycles. The molecule has 19 N–H and O–H groups in total. The van der Waals surface area contributed by atoms with E-state index in [-0.39, 0.29) is 38.2 Å². The number of carbonyl (C=O) groups is 10. The van der Waals surface area contributed by atoms with Gasteiger partial charge in [0.05, 0.1) is 26.1 Å². The summed E-state index contributed by atoms with van der Waals surface area (Å²) in [6, 6.07) is 8.41. The van der Waals surface area contributed by atoms with E-state index in [1.165, 1.54) is 6.92 Å². The van der Waals surface area contributed by atoms with Gasteiger partial charge in [-0.15, -0.1) is 0 Å². The predicted molar refractivity (Wildman–Crippen MR) is 270 cm³/mol. The minimum Gasteiger partial charge on any atom is -0.394 e. The van der Waals surface area contributed by atoms with Crippen LogP contribution in [-0.4, -0.2) is 145 Å². The number of carbonyl (C=O) groups excluding carboxylic acids is 10. The molecule has 11 amide bonds. The Morgan fingerprint density at radius 3 is 1.99 bits per heavy atom. The summed E-state index contributed by atoms with van der Waals surface area (Å²) < 4.78 is 0. The molecule has 5 atom stereocenters. The van der Waals surface area contributed by atoms with Gasteiger partial charge in [-0.2, -0.15) is 0 Å². The Morgan fingerprint density at radius 1 is 0.726 bits per heavy atom. The number of hydrogen-bond donors (Lipinski definition) is 15. The highest BCUT2D eigenvalue weighted by Gasteiger charge is 2.32. The number of H-pyrrole nitrogens is 1. The number of aromatic nitrogens is 1. The first-order chi connectivity index (χ1) is 34.8. The summed E-state index contributed by atoms with van der Waals surface area (Å²) in [6.45, 7) is 4.51. The number of nitrogens with one attached hydrogen (secondary N) is 10. The van der Waals surface area contributed by atoms with Crippen LogP contribution in [-0.2, 0) is 56.0 Å². The lowest BCUT2D eigenvalue weighted by Crippen LogP contribution is -2.59. The van der Waals surface area contributed by atoms with Gasteiger partial charge < -0.3 is 80.9 Å². The maximum Gasteiger partial charge on any atom is 0.312 e. The first-order valence-electron chi connectivity index (χ1n) is 23.6. The second kappa shape index (κ2) is 33.3. The number of rotatable bonds is 13. The molecule has 4 rings (SSSR count). The van der Waals surface area contributed by atoms with Gasteiger partial charge in [0.25, 0.3) is 0 Å². The number of benzene rings is 2. The van der Waals surface area contributed by atoms with Crippen molar-refractivity contribution in [3.63, 3.8) is 0 Å². The summed E-state index contributed by atoms with van der Waals surface area (Å²) in [7, 11) is 0. The molecule has 2 aromatic carbocycles. The van der Waals surface area contributed by atoms with E-state index in [9.17, 15) is 53.1 Å². The maximum atomic E-state index is 13.7. The summed E-state index contributed by atoms with van der Waals surface area (Å²) >= 11 is 0. The van der Waals surface area contributed by atoms with Crippen molar-refractivity contribution in [1.29, 1.82) is 0 Å². The minimum absolute atomic E-state index is 0.0112. The van der Waals surface area contributed by atoms with E-state index < -0.39 is 116 Å². The molecule has 0 spiro atoms. The number of aromatic amines is 1. The van der Waals surface area contributed by atoms with E-state index in [4.69, 9.17) is 22.9 Å². The van der Waals surface area contributed by atoms with Crippen LogP contribution in [0.2, 0.25) is 0 Å². The highest BCUT2D eigenvalue weighted by atomic mass is 16.3. The molecule has 0 bridgehead atoms. The number of nitrogens with two attached hydrogens (primary N) is 4. The first kappa shape index (κ1) is 60.8. The van der Waals surface area contributed by atoms with Crippen LogP contribution in [0, 0.1) is 0 Å². The van der Waals surface area contributed by atoms with Gasteiger partial charge in [0.2, 0.25) is 53.2 Å². The number of hydrogen-bond acceptors (Lipinski definition) is 12. The summed E-state index contributed by atoms with van der Waals surface area (Å²) in [6.07, 6.45) is 3.55. The van der Waals surface area contributed by atoms with Crippen LogP contribution >= 0.6 is 0 Å². The summed E-state index contributed by atoms with van der Waals surface area (Å²) in [5.41, 5.74) is 22.5. The number of guanidine groups is 1. The van der Waals surface area contributed by atoms with Gasteiger partial charge in [-0.25, -0.2) is 4.79 Å². The molecule has 3 aromatic rings. The van der Waals surface area contributed by atoms with Gasteiger partial charge in [-0.1, -0.05) is 62.4 Å². The van der Waals surface area contributed by atoms with Crippen molar-refractivity contribution in [1.82, 2.24) is 52.8 Å². The van der Waals surface area contributed by atoms with Crippen LogP contribution in [0.25, 0.3) is 10.9 Å². The number of para-hydroxylation sites is 1. The molecule has 400 valence electrons. The maximum absolute atomic E-state index is 13.7. The van der Waals surface area contributed by atoms with Gasteiger partial charge in [-0.3, -0.25) is 48.1 Å². The van der Waals surface area contributed by atoms with Crippen molar-refractivity contribution in [2.45, 2.75) is 102 Å². The topological polar surface area (TPSA) is 431 Å². The Labute approximate surface area is 422 Å². The fourth-order valence-electron chi connectivity index (χ4n) is 6.73. The van der Waals surface area contributed by atoms with Gasteiger partial charge in [0, 0.05) is 56.5 Å². The second-order valence-corrected chi connectivity index (χ2v) is 16.5. The molecule has 0 radical (unpaired) electrons. The van der Waals surface area contributed by atoms with Crippen molar-refractivity contribution in [2.24, 2.45) is 27.9 Å². The van der Waals surface area contributed by atoms with Crippen molar-refractivity contribution >= 4 is 76.1 Å². The Morgan fingerprint density at radius 2 is 1.38 bits per heavy atom. The molecule has 3 unspecified atom stereocenters. The standard InChI is InChI=1S/C39H50N10O10.C4H11N3.C4H10N2O/c1-22(51)42-19-33(53)46-30-17-32(52)41-14-8-7-13-27(35(40)55)47-37(57)29(16-24-18-43-26-12-6-5-11-25(24)26)45-34(54)20-44-36(56)28(15-23-9-3-2-4-10-23)48-39(59)31(21-50)49-38(30)58;1-2-3-7-4(5)6;1-2-3-6-4(5)7/h2-6,9-12,18,27-31,43,50H,7-8,13-17,19-21H2,1H3,(H2,40,55)(H,41,52)(H,42,51)(H,44,56)(H,45,54)(H,46,53)(H,47,57)(H,48,59)(H,49,58);2-3H2,1H3,(H4,5,6,7);2-3H2,1H3,(H3,5,6,7)/t27?,28?,29-,30?,31-;;/m0../s1. The molecular formula is C47H71N15O11. The molecule has 26 heteroatoms. The number of nitrogens with zero attached hydrogens (tertiary/aromatic N) is 1. The zero-order chi connectivity index (χ0) is 54.3. The average molecular weight is 1020 g/mol. The highest BCUT2D eigenvalue weighted by molar-refractivity contribution is 5.98. The van der Waals surface area contributed by atoms with Crippen molar-refractivity contribution in [2.75, 3.05) is 39.3 Å². The third-order valence-electron chi connectivity index (χ3n) is 10.4. The van der Waals surface area contributed by atoms with E-state index in [1.807, 2.05) is 38.1 Å². The lowest BCUT2D eigenvalue weighted by molar-refractivity contribution is -0.135. The van der Waals surface area contributed by atoms with Crippen LogP contribution in [0.4, 0.5) is 4.79 Å². The zero-order valence-corrected chi connectivity index (χ0v) is 41.3. The Hall–Kier alpha value is -8.29. The fourth-order valence-corrected chi connectivity index (χ4v) is 6.73. The summed E-state index contributed by atoms with van der Waals surface area (Å²) in [5, 5.41) is 33.1. The van der Waals surface area contributed by atoms with E-state index in [2.05, 4.69) is 57.8 Å². The number of primary amides is 2. The number of aliphatic hydroxyl groups excluding tert-OH is 1. The van der Waals surface area contributed by atoms with E-state index in [1.54, 1.807) is 36.5 Å². The van der Waals surface area contributed by atoms with Crippen molar-refractivity contribution < 1.29 is 53.1 Å². The van der Waals surface area contributed by atoms with Crippen LogP contribution < -0.4 is 70.8 Å². The van der Waals surface area contributed by atoms with Gasteiger partial charge in [0.15, 0.2) is 5.96 Å². The zero-order valence-electron chi connectivity index (χ0n) is 41.3. The lowest BCUT2D eigenvalue weighted by atomic mass is 10.0. The molecule has 0 aliphatic carbocycles. The molecule has 1 saturated heterocycles. The SMILES string of the molecule is CC(=O)NCC(=O)NC1CC(=O)NCCCCC(C(N)=O)NC(=O)[C@H](Cc2c[nH]c3ccccc23)NC(=O)CNC(=O)C(Cc2ccccc2)NC(=O)[C@H](CO)NC1=O.CCCN=C(N)N.CCCNC(N)=O. The molecule has 73 heavy (non-hydrogen) atoms. The van der Waals surface area contributed by atoms with Crippen LogP contribution in [0.3, 0.4) is 0 Å². The lowest BCUT2D eigenvalue weighted by Gasteiger charge is -2.24. The highest BCUT2D eigenvalue weighted by Crippen LogP contribution is 2.19. The van der Waals surface area contributed by atoms with Gasteiger partial charge in [-0.05, 0) is 49.3 Å². The minimum atomic E-state index is -1.67. The number of aliphatic hydroxyl groups is 1. The van der Waals surface area contributed by atoms with Gasteiger partial charge >= 0.3 is 6.03 Å². The number of amides is 11. The monoisotopic (exact) mass is 1020 g/mol. The van der Waals surface area contributed by atoms with E-state index >= 15 is 0 Å². The molecule has 1 aliphatic rings. The quantitative estimate of drug-likeness (QED) is 0.0586. The molecule has 26 nitrogen and oxygen atoms in total. The molecule has 2 heterocycles. The van der Waals surface area contributed by atoms with Crippen LogP contribution in [0.15, 0.2) is 65.8 Å². The number of aliphatic imine (C=N–C) groups is 1. The van der Waals surface area contributed by atoms with Crippen molar-refractivity contribution in [3.8, 4) is 0 Å². The Kier molecular flexibility index (Phi) is 27.8. The van der Waals surface area contributed by atoms with Crippen LogP contribution in [0.5, 0.6) is 0 Å². The summed E-state index contributed by atoms with van der Waals surface area (Å²) in [5.74, 6) is -7.08. The molecular weight excluding hydrogens is 951 g/mol. The number of fused-ring (bicyclic) bond motifs is 1. The number of urea groups is 1. The van der Waals surface area contributed by atoms with Gasteiger partial charge in [0.1, 0.15) is 30.2 Å². The average Bonchev–Trinajstić information content (AvgIpc) is 3.76. The second-order valence-electron chi connectivity index (χ2n) is 16.5. The molecule has 0 saturated carbocycles. The van der Waals surface area contributed by atoms with E-state index in [0.29, 0.717) is 24.1 Å². The fraction of sp³-hybridized carbons (Fsp3) is 0.468. The van der Waals surface area contributed by atoms with Crippen molar-refractivity contribution in [3.05, 3.63) is 71.9 Å². The Bertz CT molecular complexity index is 2340. The summed E-state index contributed by atoms with van der Waals surface area (Å²) in [4.78, 5) is 134. The molecule has 1 fully saturated rings. The Balaban J connectivity index is 0.00000114. The normalized spacial score (nSPS) is 19.4. The largest absolute Gasteiger partial charge is 0.394 e. The third kappa shape index (κ3) is 24.4. The first-order valence-corrected chi connectivity index (χ1v) is 23.6. The predicted octanol–water partition coefficient (Wildman–Crippen LogP) is -3.47. The van der Waals surface area contributed by atoms with E-state index in [0.717, 1.165) is 30.3 Å². The third-order valence-corrected chi connectivity index (χ3v) is 10.4. The molecule has 1 aromatic heterocycles.